The van der Waals surface area contributed by atoms with Gasteiger partial charge in [-0.25, -0.2) is 0 Å². The van der Waals surface area contributed by atoms with Crippen molar-refractivity contribution in [2.75, 3.05) is 0 Å². The number of nitrogens with zero attached hydrogens (tertiary/aromatic N) is 3. The zero-order valence-electron chi connectivity index (χ0n) is 11.5. The Morgan fingerprint density at radius 2 is 2.35 bits per heavy atom. The molecular weight excluding hydrogens is 252 g/mol. The highest BCUT2D eigenvalue weighted by molar-refractivity contribution is 5.53. The molecular formula is C15H18N4O. The first-order chi connectivity index (χ1) is 9.85. The van der Waals surface area contributed by atoms with Crippen LogP contribution in [0.15, 0.2) is 22.9 Å². The highest BCUT2D eigenvalue weighted by atomic mass is 16.5. The van der Waals surface area contributed by atoms with Gasteiger partial charge in [-0.05, 0) is 37.3 Å². The van der Waals surface area contributed by atoms with Crippen LogP contribution < -0.4 is 5.32 Å². The Kier molecular flexibility index (Phi) is 2.80. The molecule has 3 unspecified atom stereocenters. The first kappa shape index (κ1) is 12.0. The van der Waals surface area contributed by atoms with Crippen LogP contribution in [-0.4, -0.2) is 27.2 Å². The van der Waals surface area contributed by atoms with Gasteiger partial charge in [0.1, 0.15) is 5.69 Å². The lowest BCUT2D eigenvalue weighted by molar-refractivity contribution is 0.329. The quantitative estimate of drug-likeness (QED) is 0.927. The summed E-state index contributed by atoms with van der Waals surface area (Å²) in [6.45, 7) is 2.11. The van der Waals surface area contributed by atoms with Gasteiger partial charge >= 0.3 is 0 Å². The minimum absolute atomic E-state index is 0.379. The molecule has 0 saturated carbocycles. The second-order valence-corrected chi connectivity index (χ2v) is 5.71. The molecule has 4 heterocycles. The number of fused-ring (bicyclic) bond motifs is 2. The molecule has 2 aliphatic rings. The second kappa shape index (κ2) is 4.66. The maximum absolute atomic E-state index is 5.51. The smallest absolute Gasteiger partial charge is 0.231 e. The summed E-state index contributed by atoms with van der Waals surface area (Å²) in [5.74, 6) is 1.77. The molecule has 0 spiro atoms. The number of rotatable bonds is 3. The van der Waals surface area contributed by atoms with Crippen LogP contribution in [0.25, 0.3) is 11.5 Å². The molecule has 3 atom stereocenters. The lowest BCUT2D eigenvalue weighted by Gasteiger charge is -2.15. The molecule has 0 amide bonds. The average molecular weight is 270 g/mol. The Bertz CT molecular complexity index is 624. The van der Waals surface area contributed by atoms with E-state index < -0.39 is 0 Å². The molecule has 2 fully saturated rings. The van der Waals surface area contributed by atoms with E-state index in [4.69, 9.17) is 4.52 Å². The standard InChI is InChI=1S/C15H18N4O/c1-2-9-4-3-7-16-13(9)14-18-15(20-19-14)11-8-10-5-6-12(11)17-10/h3-4,7,10-12,17H,2,5-6,8H2,1H3. The molecule has 2 aliphatic heterocycles. The monoisotopic (exact) mass is 270 g/mol. The maximum atomic E-state index is 5.51. The van der Waals surface area contributed by atoms with Gasteiger partial charge in [0.15, 0.2) is 0 Å². The summed E-state index contributed by atoms with van der Waals surface area (Å²) in [5.41, 5.74) is 2.01. The van der Waals surface area contributed by atoms with Crippen molar-refractivity contribution < 1.29 is 4.52 Å². The molecule has 1 N–H and O–H groups in total. The molecule has 2 bridgehead atoms. The van der Waals surface area contributed by atoms with Gasteiger partial charge in [-0.15, -0.1) is 0 Å². The van der Waals surface area contributed by atoms with E-state index in [0.717, 1.165) is 30.0 Å². The van der Waals surface area contributed by atoms with Crippen LogP contribution in [0.3, 0.4) is 0 Å². The molecule has 0 radical (unpaired) electrons. The van der Waals surface area contributed by atoms with E-state index in [2.05, 4.69) is 33.4 Å². The number of aromatic nitrogens is 3. The van der Waals surface area contributed by atoms with Gasteiger partial charge in [-0.1, -0.05) is 18.1 Å². The number of hydrogen-bond acceptors (Lipinski definition) is 5. The van der Waals surface area contributed by atoms with Gasteiger partial charge in [-0.2, -0.15) is 4.98 Å². The highest BCUT2D eigenvalue weighted by Crippen LogP contribution is 2.39. The van der Waals surface area contributed by atoms with Crippen molar-refractivity contribution in [1.82, 2.24) is 20.4 Å². The molecule has 0 aliphatic carbocycles. The molecule has 4 rings (SSSR count). The van der Waals surface area contributed by atoms with E-state index >= 15 is 0 Å². The first-order valence-corrected chi connectivity index (χ1v) is 7.39. The number of nitrogens with one attached hydrogen (secondary N) is 1. The van der Waals surface area contributed by atoms with Gasteiger partial charge in [0, 0.05) is 18.3 Å². The van der Waals surface area contributed by atoms with Crippen molar-refractivity contribution in [3.8, 4) is 11.5 Å². The fourth-order valence-corrected chi connectivity index (χ4v) is 3.50. The molecule has 0 aromatic carbocycles. The average Bonchev–Trinajstić information content (AvgIpc) is 3.22. The summed E-state index contributed by atoms with van der Waals surface area (Å²) in [6.07, 6.45) is 6.32. The van der Waals surface area contributed by atoms with E-state index in [1.54, 1.807) is 6.20 Å². The van der Waals surface area contributed by atoms with Crippen molar-refractivity contribution in [2.45, 2.75) is 50.6 Å². The van der Waals surface area contributed by atoms with Gasteiger partial charge in [0.25, 0.3) is 0 Å². The Morgan fingerprint density at radius 3 is 3.10 bits per heavy atom. The highest BCUT2D eigenvalue weighted by Gasteiger charge is 2.42. The SMILES string of the molecule is CCc1cccnc1-c1noc(C2CC3CCC2N3)n1. The molecule has 2 aromatic heterocycles. The van der Waals surface area contributed by atoms with Gasteiger partial charge in [0.05, 0.1) is 5.92 Å². The van der Waals surface area contributed by atoms with Crippen molar-refractivity contribution in [3.63, 3.8) is 0 Å². The van der Waals surface area contributed by atoms with Crippen LogP contribution in [0.2, 0.25) is 0 Å². The Labute approximate surface area is 117 Å². The predicted molar refractivity (Wildman–Crippen MR) is 74.2 cm³/mol. The van der Waals surface area contributed by atoms with Gasteiger partial charge < -0.3 is 9.84 Å². The van der Waals surface area contributed by atoms with Crippen LogP contribution in [-0.2, 0) is 6.42 Å². The summed E-state index contributed by atoms with van der Waals surface area (Å²) in [5, 5.41) is 7.75. The first-order valence-electron chi connectivity index (χ1n) is 7.39. The fraction of sp³-hybridized carbons (Fsp3) is 0.533. The third-order valence-electron chi connectivity index (χ3n) is 4.54. The molecule has 5 heteroatoms. The fourth-order valence-electron chi connectivity index (χ4n) is 3.50. The minimum Gasteiger partial charge on any atom is -0.339 e. The van der Waals surface area contributed by atoms with Crippen LogP contribution in [0.1, 0.15) is 43.6 Å². The summed E-state index contributed by atoms with van der Waals surface area (Å²) < 4.78 is 5.51. The zero-order valence-corrected chi connectivity index (χ0v) is 11.5. The molecule has 20 heavy (non-hydrogen) atoms. The molecule has 104 valence electrons. The van der Waals surface area contributed by atoms with Crippen LogP contribution in [0, 0.1) is 0 Å². The lowest BCUT2D eigenvalue weighted by atomic mass is 9.89. The normalized spacial score (nSPS) is 28.1. The topological polar surface area (TPSA) is 63.8 Å². The van der Waals surface area contributed by atoms with Crippen molar-refractivity contribution in [2.24, 2.45) is 0 Å². The van der Waals surface area contributed by atoms with E-state index in [1.807, 2.05) is 6.07 Å². The maximum Gasteiger partial charge on any atom is 0.231 e. The van der Waals surface area contributed by atoms with Crippen LogP contribution >= 0.6 is 0 Å². The molecule has 5 nitrogen and oxygen atoms in total. The van der Waals surface area contributed by atoms with E-state index in [1.165, 1.54) is 12.8 Å². The van der Waals surface area contributed by atoms with Crippen molar-refractivity contribution >= 4 is 0 Å². The van der Waals surface area contributed by atoms with Gasteiger partial charge in [-0.3, -0.25) is 4.98 Å². The van der Waals surface area contributed by atoms with E-state index in [-0.39, 0.29) is 0 Å². The van der Waals surface area contributed by atoms with Crippen LogP contribution in [0.5, 0.6) is 0 Å². The summed E-state index contributed by atoms with van der Waals surface area (Å²) >= 11 is 0. The third kappa shape index (κ3) is 1.85. The number of aryl methyl sites for hydroxylation is 1. The Morgan fingerprint density at radius 1 is 1.40 bits per heavy atom. The van der Waals surface area contributed by atoms with Crippen molar-refractivity contribution in [1.29, 1.82) is 0 Å². The molecule has 2 aromatic rings. The Hall–Kier alpha value is -1.75. The summed E-state index contributed by atoms with van der Waals surface area (Å²) in [4.78, 5) is 9.02. The van der Waals surface area contributed by atoms with Crippen molar-refractivity contribution in [3.05, 3.63) is 29.8 Å². The van der Waals surface area contributed by atoms with Crippen LogP contribution in [0.4, 0.5) is 0 Å². The summed E-state index contributed by atoms with van der Waals surface area (Å²) in [7, 11) is 0. The largest absolute Gasteiger partial charge is 0.339 e. The predicted octanol–water partition coefficient (Wildman–Crippen LogP) is 2.30. The number of pyridine rings is 1. The Balaban J connectivity index is 1.65. The summed E-state index contributed by atoms with van der Waals surface area (Å²) in [6, 6.07) is 5.17. The van der Waals surface area contributed by atoms with E-state index in [0.29, 0.717) is 23.8 Å². The molecule has 2 saturated heterocycles. The van der Waals surface area contributed by atoms with E-state index in [9.17, 15) is 0 Å². The lowest BCUT2D eigenvalue weighted by Crippen LogP contribution is -2.21. The van der Waals surface area contributed by atoms with Gasteiger partial charge in [0.2, 0.25) is 11.7 Å². The number of hydrogen-bond donors (Lipinski definition) is 1. The second-order valence-electron chi connectivity index (χ2n) is 5.71. The minimum atomic E-state index is 0.379. The third-order valence-corrected chi connectivity index (χ3v) is 4.54. The zero-order chi connectivity index (χ0) is 13.5.